The molecule has 0 spiro atoms. The highest BCUT2D eigenvalue weighted by atomic mass is 32.2. The molecule has 1 aromatic carbocycles. The largest absolute Gasteiger partial charge is 0.314 e. The molecule has 0 aliphatic carbocycles. The Bertz CT molecular complexity index is 544. The van der Waals surface area contributed by atoms with Gasteiger partial charge in [-0.05, 0) is 30.5 Å². The lowest BCUT2D eigenvalue weighted by atomic mass is 10.1. The highest BCUT2D eigenvalue weighted by Crippen LogP contribution is 2.22. The SMILES string of the molecule is O=S(=O)(c1ccc(C2CNCCN2)cc1)N1CCCC1. The Balaban J connectivity index is 1.78. The lowest BCUT2D eigenvalue weighted by molar-refractivity contribution is 0.430. The highest BCUT2D eigenvalue weighted by molar-refractivity contribution is 7.89. The van der Waals surface area contributed by atoms with E-state index in [4.69, 9.17) is 0 Å². The molecule has 5 nitrogen and oxygen atoms in total. The van der Waals surface area contributed by atoms with Crippen LogP contribution in [-0.2, 0) is 10.0 Å². The first-order chi connectivity index (χ1) is 9.68. The van der Waals surface area contributed by atoms with Gasteiger partial charge in [0, 0.05) is 38.8 Å². The summed E-state index contributed by atoms with van der Waals surface area (Å²) < 4.78 is 26.4. The highest BCUT2D eigenvalue weighted by Gasteiger charge is 2.27. The van der Waals surface area contributed by atoms with Crippen molar-refractivity contribution in [1.29, 1.82) is 0 Å². The van der Waals surface area contributed by atoms with Crippen LogP contribution in [0.3, 0.4) is 0 Å². The molecule has 2 aliphatic heterocycles. The molecule has 0 aromatic heterocycles. The van der Waals surface area contributed by atoms with Crippen LogP contribution in [0, 0.1) is 0 Å². The summed E-state index contributed by atoms with van der Waals surface area (Å²) in [4.78, 5) is 0.409. The first-order valence-corrected chi connectivity index (χ1v) is 8.66. The van der Waals surface area contributed by atoms with Crippen LogP contribution in [-0.4, -0.2) is 45.4 Å². The molecule has 0 bridgehead atoms. The van der Waals surface area contributed by atoms with E-state index in [1.54, 1.807) is 16.4 Å². The molecule has 1 atom stereocenters. The first kappa shape index (κ1) is 14.0. The molecule has 0 radical (unpaired) electrons. The molecule has 1 aromatic rings. The molecule has 110 valence electrons. The lowest BCUT2D eigenvalue weighted by Crippen LogP contribution is -2.42. The number of piperazine rings is 1. The van der Waals surface area contributed by atoms with Gasteiger partial charge in [0.1, 0.15) is 0 Å². The van der Waals surface area contributed by atoms with Crippen LogP contribution >= 0.6 is 0 Å². The summed E-state index contributed by atoms with van der Waals surface area (Å²) in [6.07, 6.45) is 1.93. The Morgan fingerprint density at radius 2 is 1.75 bits per heavy atom. The molecule has 0 amide bonds. The standard InChI is InChI=1S/C14H21N3O2S/c18-20(19,17-9-1-2-10-17)13-5-3-12(4-6-13)14-11-15-7-8-16-14/h3-6,14-16H,1-2,7-11H2. The fourth-order valence-electron chi connectivity index (χ4n) is 2.84. The minimum atomic E-state index is -3.29. The Morgan fingerprint density at radius 3 is 2.35 bits per heavy atom. The van der Waals surface area contributed by atoms with Gasteiger partial charge in [-0.25, -0.2) is 8.42 Å². The number of nitrogens with zero attached hydrogens (tertiary/aromatic N) is 1. The third-order valence-electron chi connectivity index (χ3n) is 4.03. The van der Waals surface area contributed by atoms with E-state index in [0.717, 1.165) is 38.0 Å². The van der Waals surface area contributed by atoms with Gasteiger partial charge in [-0.2, -0.15) is 4.31 Å². The Morgan fingerprint density at radius 1 is 1.05 bits per heavy atom. The number of rotatable bonds is 3. The maximum Gasteiger partial charge on any atom is 0.243 e. The average Bonchev–Trinajstić information content (AvgIpc) is 3.03. The van der Waals surface area contributed by atoms with Crippen molar-refractivity contribution in [1.82, 2.24) is 14.9 Å². The summed E-state index contributed by atoms with van der Waals surface area (Å²) in [5.41, 5.74) is 1.14. The van der Waals surface area contributed by atoms with Gasteiger partial charge >= 0.3 is 0 Å². The summed E-state index contributed by atoms with van der Waals surface area (Å²) in [6, 6.07) is 7.59. The fraction of sp³-hybridized carbons (Fsp3) is 0.571. The van der Waals surface area contributed by atoms with Crippen LogP contribution < -0.4 is 10.6 Å². The second-order valence-electron chi connectivity index (χ2n) is 5.39. The van der Waals surface area contributed by atoms with Gasteiger partial charge in [0.05, 0.1) is 4.90 Å². The van der Waals surface area contributed by atoms with Crippen molar-refractivity contribution in [3.05, 3.63) is 29.8 Å². The molecule has 2 N–H and O–H groups in total. The van der Waals surface area contributed by atoms with Crippen LogP contribution in [0.2, 0.25) is 0 Å². The molecule has 2 aliphatic rings. The third-order valence-corrected chi connectivity index (χ3v) is 5.94. The smallest absolute Gasteiger partial charge is 0.243 e. The molecule has 2 saturated heterocycles. The summed E-state index contributed by atoms with van der Waals surface area (Å²) >= 11 is 0. The van der Waals surface area contributed by atoms with E-state index >= 15 is 0 Å². The minimum Gasteiger partial charge on any atom is -0.314 e. The van der Waals surface area contributed by atoms with Gasteiger partial charge in [-0.15, -0.1) is 0 Å². The van der Waals surface area contributed by atoms with Gasteiger partial charge in [0.2, 0.25) is 10.0 Å². The Labute approximate surface area is 120 Å². The zero-order valence-electron chi connectivity index (χ0n) is 11.5. The number of sulfonamides is 1. The zero-order chi connectivity index (χ0) is 14.0. The van der Waals surface area contributed by atoms with E-state index in [-0.39, 0.29) is 6.04 Å². The lowest BCUT2D eigenvalue weighted by Gasteiger charge is -2.25. The van der Waals surface area contributed by atoms with Gasteiger partial charge in [0.25, 0.3) is 0 Å². The predicted octanol–water partition coefficient (Wildman–Crippen LogP) is 0.705. The summed E-state index contributed by atoms with van der Waals surface area (Å²) in [7, 11) is -3.29. The summed E-state index contributed by atoms with van der Waals surface area (Å²) in [5.74, 6) is 0. The maximum absolute atomic E-state index is 12.4. The van der Waals surface area contributed by atoms with Crippen molar-refractivity contribution in [2.75, 3.05) is 32.7 Å². The molecule has 3 rings (SSSR count). The van der Waals surface area contributed by atoms with Crippen molar-refractivity contribution in [3.8, 4) is 0 Å². The monoisotopic (exact) mass is 295 g/mol. The van der Waals surface area contributed by atoms with E-state index in [1.165, 1.54) is 0 Å². The van der Waals surface area contributed by atoms with Crippen LogP contribution in [0.5, 0.6) is 0 Å². The zero-order valence-corrected chi connectivity index (χ0v) is 12.3. The van der Waals surface area contributed by atoms with Gasteiger partial charge in [0.15, 0.2) is 0 Å². The van der Waals surface area contributed by atoms with Crippen molar-refractivity contribution in [2.45, 2.75) is 23.8 Å². The Kier molecular flexibility index (Phi) is 4.07. The van der Waals surface area contributed by atoms with Gasteiger partial charge in [-0.1, -0.05) is 12.1 Å². The second-order valence-corrected chi connectivity index (χ2v) is 7.33. The first-order valence-electron chi connectivity index (χ1n) is 7.22. The van der Waals surface area contributed by atoms with Crippen molar-refractivity contribution < 1.29 is 8.42 Å². The topological polar surface area (TPSA) is 61.4 Å². The number of nitrogens with one attached hydrogen (secondary N) is 2. The van der Waals surface area contributed by atoms with E-state index in [2.05, 4.69) is 10.6 Å². The molecular weight excluding hydrogens is 274 g/mol. The Hall–Kier alpha value is -0.950. The van der Waals surface area contributed by atoms with E-state index in [0.29, 0.717) is 18.0 Å². The van der Waals surface area contributed by atoms with Crippen LogP contribution in [0.1, 0.15) is 24.4 Å². The molecular formula is C14H21N3O2S. The molecule has 2 fully saturated rings. The van der Waals surface area contributed by atoms with E-state index in [1.807, 2.05) is 12.1 Å². The fourth-order valence-corrected chi connectivity index (χ4v) is 4.36. The van der Waals surface area contributed by atoms with Crippen molar-refractivity contribution >= 4 is 10.0 Å². The quantitative estimate of drug-likeness (QED) is 0.862. The summed E-state index contributed by atoms with van der Waals surface area (Å²) in [6.45, 7) is 4.12. The van der Waals surface area contributed by atoms with Gasteiger partial charge < -0.3 is 10.6 Å². The van der Waals surface area contributed by atoms with Crippen molar-refractivity contribution in [3.63, 3.8) is 0 Å². The van der Waals surface area contributed by atoms with Crippen LogP contribution in [0.25, 0.3) is 0 Å². The molecule has 6 heteroatoms. The van der Waals surface area contributed by atoms with Gasteiger partial charge in [-0.3, -0.25) is 0 Å². The molecule has 1 unspecified atom stereocenters. The number of hydrogen-bond acceptors (Lipinski definition) is 4. The third kappa shape index (κ3) is 2.74. The van der Waals surface area contributed by atoms with E-state index < -0.39 is 10.0 Å². The predicted molar refractivity (Wildman–Crippen MR) is 78.0 cm³/mol. The number of hydrogen-bond donors (Lipinski definition) is 2. The second kappa shape index (κ2) is 5.81. The molecule has 2 heterocycles. The molecule has 0 saturated carbocycles. The molecule has 20 heavy (non-hydrogen) atoms. The van der Waals surface area contributed by atoms with Crippen LogP contribution in [0.4, 0.5) is 0 Å². The number of benzene rings is 1. The van der Waals surface area contributed by atoms with Crippen molar-refractivity contribution in [2.24, 2.45) is 0 Å². The normalized spacial score (nSPS) is 24.9. The minimum absolute atomic E-state index is 0.271. The van der Waals surface area contributed by atoms with Crippen LogP contribution in [0.15, 0.2) is 29.2 Å². The van der Waals surface area contributed by atoms with E-state index in [9.17, 15) is 8.42 Å². The average molecular weight is 295 g/mol. The summed E-state index contributed by atoms with van der Waals surface area (Å²) in [5, 5.41) is 6.76. The maximum atomic E-state index is 12.4.